The Balaban J connectivity index is 2.14. The van der Waals surface area contributed by atoms with Crippen molar-refractivity contribution in [2.24, 2.45) is 5.73 Å². The van der Waals surface area contributed by atoms with Crippen LogP contribution in [-0.4, -0.2) is 42.9 Å². The summed E-state index contributed by atoms with van der Waals surface area (Å²) in [5, 5.41) is 0. The van der Waals surface area contributed by atoms with Crippen LogP contribution in [0.3, 0.4) is 0 Å². The predicted octanol–water partition coefficient (Wildman–Crippen LogP) is 2.53. The third kappa shape index (κ3) is 4.64. The fraction of sp³-hybridized carbons (Fsp3) is 0.533. The summed E-state index contributed by atoms with van der Waals surface area (Å²) in [7, 11) is 0. The van der Waals surface area contributed by atoms with E-state index in [1.807, 2.05) is 0 Å². The van der Waals surface area contributed by atoms with Crippen molar-refractivity contribution in [2.45, 2.75) is 31.2 Å². The van der Waals surface area contributed by atoms with Crippen LogP contribution in [0.15, 0.2) is 18.2 Å². The molecule has 2 rings (SSSR count). The Morgan fingerprint density at radius 1 is 1.25 bits per heavy atom. The molecule has 0 saturated carbocycles. The van der Waals surface area contributed by atoms with E-state index in [-0.39, 0.29) is 25.1 Å². The summed E-state index contributed by atoms with van der Waals surface area (Å²) in [6.45, 7) is -1.13. The number of benzene rings is 1. The Morgan fingerprint density at radius 3 is 2.62 bits per heavy atom. The highest BCUT2D eigenvalue weighted by molar-refractivity contribution is 5.82. The Hall–Kier alpha value is -1.74. The number of hydrogen-bond acceptors (Lipinski definition) is 3. The molecule has 1 amide bonds. The van der Waals surface area contributed by atoms with Gasteiger partial charge in [0.25, 0.3) is 0 Å². The van der Waals surface area contributed by atoms with Crippen LogP contribution in [-0.2, 0) is 9.53 Å². The maximum atomic E-state index is 14.0. The molecule has 24 heavy (non-hydrogen) atoms. The minimum atomic E-state index is -4.80. The van der Waals surface area contributed by atoms with E-state index < -0.39 is 42.5 Å². The van der Waals surface area contributed by atoms with E-state index in [9.17, 15) is 26.7 Å². The average molecular weight is 352 g/mol. The lowest BCUT2D eigenvalue weighted by Gasteiger charge is -2.26. The predicted molar refractivity (Wildman–Crippen MR) is 74.9 cm³/mol. The number of nitrogens with two attached hydrogens (primary N) is 1. The maximum absolute atomic E-state index is 14.0. The molecule has 1 aromatic carbocycles. The van der Waals surface area contributed by atoms with Gasteiger partial charge in [-0.1, -0.05) is 12.1 Å². The summed E-state index contributed by atoms with van der Waals surface area (Å²) >= 11 is 0. The Bertz CT molecular complexity index is 594. The zero-order valence-corrected chi connectivity index (χ0v) is 12.7. The summed E-state index contributed by atoms with van der Waals surface area (Å²) in [6, 6.07) is 2.82. The van der Waals surface area contributed by atoms with Gasteiger partial charge in [0, 0.05) is 19.0 Å². The smallest absolute Gasteiger partial charge is 0.338 e. The zero-order valence-electron chi connectivity index (χ0n) is 12.7. The molecule has 1 aliphatic heterocycles. The SMILES string of the molecule is N[C@@H]1CC[C@@H](c2cccc(F)c2F)CN(CCOC(F)(F)F)C1=O. The number of carbonyl (C=O) groups is 1. The number of rotatable bonds is 4. The number of carbonyl (C=O) groups excluding carboxylic acids is 1. The average Bonchev–Trinajstić information content (AvgIpc) is 2.63. The lowest BCUT2D eigenvalue weighted by Crippen LogP contribution is -2.44. The van der Waals surface area contributed by atoms with E-state index in [2.05, 4.69) is 4.74 Å². The van der Waals surface area contributed by atoms with Crippen molar-refractivity contribution in [1.29, 1.82) is 0 Å². The molecule has 1 heterocycles. The quantitative estimate of drug-likeness (QED) is 0.848. The van der Waals surface area contributed by atoms with Gasteiger partial charge in [-0.05, 0) is 24.5 Å². The van der Waals surface area contributed by atoms with Crippen LogP contribution >= 0.6 is 0 Å². The fourth-order valence-corrected chi connectivity index (χ4v) is 2.75. The summed E-state index contributed by atoms with van der Waals surface area (Å²) < 4.78 is 67.2. The van der Waals surface area contributed by atoms with Crippen LogP contribution in [0.1, 0.15) is 24.3 Å². The lowest BCUT2D eigenvalue weighted by molar-refractivity contribution is -0.324. The first-order valence-electron chi connectivity index (χ1n) is 7.38. The largest absolute Gasteiger partial charge is 0.522 e. The van der Waals surface area contributed by atoms with Crippen LogP contribution in [0.4, 0.5) is 22.0 Å². The molecular weight excluding hydrogens is 335 g/mol. The number of nitrogens with zero attached hydrogens (tertiary/aromatic N) is 1. The molecule has 0 aromatic heterocycles. The first kappa shape index (κ1) is 18.6. The molecule has 1 saturated heterocycles. The lowest BCUT2D eigenvalue weighted by atomic mass is 9.93. The van der Waals surface area contributed by atoms with Gasteiger partial charge in [0.05, 0.1) is 12.6 Å². The Morgan fingerprint density at radius 2 is 1.96 bits per heavy atom. The van der Waals surface area contributed by atoms with Crippen molar-refractivity contribution in [1.82, 2.24) is 4.90 Å². The highest BCUT2D eigenvalue weighted by Gasteiger charge is 2.33. The fourth-order valence-electron chi connectivity index (χ4n) is 2.75. The van der Waals surface area contributed by atoms with Gasteiger partial charge < -0.3 is 10.6 Å². The topological polar surface area (TPSA) is 55.6 Å². The van der Waals surface area contributed by atoms with Crippen LogP contribution in [0.2, 0.25) is 0 Å². The molecule has 9 heteroatoms. The standard InChI is InChI=1S/C15H17F5N2O2/c16-11-3-1-2-10(13(11)17)9-4-5-12(21)14(23)22(8-9)6-7-24-15(18,19)20/h1-3,9,12H,4-8,21H2/t9-,12-/m1/s1. The number of ether oxygens (including phenoxy) is 1. The molecule has 0 unspecified atom stereocenters. The van der Waals surface area contributed by atoms with E-state index in [1.54, 1.807) is 0 Å². The normalized spacial score (nSPS) is 22.6. The van der Waals surface area contributed by atoms with Crippen LogP contribution in [0.25, 0.3) is 0 Å². The maximum Gasteiger partial charge on any atom is 0.522 e. The van der Waals surface area contributed by atoms with Crippen LogP contribution in [0, 0.1) is 11.6 Å². The van der Waals surface area contributed by atoms with Crippen molar-refractivity contribution in [2.75, 3.05) is 19.7 Å². The van der Waals surface area contributed by atoms with Crippen LogP contribution < -0.4 is 5.73 Å². The van der Waals surface area contributed by atoms with Gasteiger partial charge in [-0.25, -0.2) is 8.78 Å². The molecule has 0 bridgehead atoms. The van der Waals surface area contributed by atoms with Crippen LogP contribution in [0.5, 0.6) is 0 Å². The van der Waals surface area contributed by atoms with Gasteiger partial charge in [0.2, 0.25) is 5.91 Å². The number of halogens is 5. The number of amides is 1. The Kier molecular flexibility index (Phi) is 5.76. The van der Waals surface area contributed by atoms with E-state index in [0.29, 0.717) is 6.42 Å². The highest BCUT2D eigenvalue weighted by Crippen LogP contribution is 2.29. The van der Waals surface area contributed by atoms with Crippen molar-refractivity contribution in [3.63, 3.8) is 0 Å². The van der Waals surface area contributed by atoms with Gasteiger partial charge in [-0.2, -0.15) is 0 Å². The Labute approximate surface area is 135 Å². The third-order valence-electron chi connectivity index (χ3n) is 3.94. The second-order valence-corrected chi connectivity index (χ2v) is 5.60. The summed E-state index contributed by atoms with van der Waals surface area (Å²) in [4.78, 5) is 13.2. The first-order valence-corrected chi connectivity index (χ1v) is 7.38. The third-order valence-corrected chi connectivity index (χ3v) is 3.94. The van der Waals surface area contributed by atoms with Gasteiger partial charge >= 0.3 is 6.36 Å². The van der Waals surface area contributed by atoms with Gasteiger partial charge in [-0.15, -0.1) is 13.2 Å². The molecule has 1 aromatic rings. The van der Waals surface area contributed by atoms with Crippen molar-refractivity contribution < 1.29 is 31.5 Å². The molecule has 1 fully saturated rings. The second kappa shape index (κ2) is 7.43. The molecule has 0 radical (unpaired) electrons. The molecule has 2 atom stereocenters. The summed E-state index contributed by atoms with van der Waals surface area (Å²) in [6.07, 6.45) is -4.24. The van der Waals surface area contributed by atoms with E-state index >= 15 is 0 Å². The first-order chi connectivity index (χ1) is 11.2. The van der Waals surface area contributed by atoms with Crippen molar-refractivity contribution >= 4 is 5.91 Å². The van der Waals surface area contributed by atoms with E-state index in [0.717, 1.165) is 11.0 Å². The minimum Gasteiger partial charge on any atom is -0.338 e. The zero-order chi connectivity index (χ0) is 17.9. The highest BCUT2D eigenvalue weighted by atomic mass is 19.4. The molecule has 134 valence electrons. The molecule has 0 spiro atoms. The minimum absolute atomic E-state index is 0.0475. The second-order valence-electron chi connectivity index (χ2n) is 5.60. The number of hydrogen-bond donors (Lipinski definition) is 1. The monoisotopic (exact) mass is 352 g/mol. The number of likely N-dealkylation sites (tertiary alicyclic amines) is 1. The van der Waals surface area contributed by atoms with Gasteiger partial charge in [0.1, 0.15) is 0 Å². The van der Waals surface area contributed by atoms with Gasteiger partial charge in [0.15, 0.2) is 11.6 Å². The molecule has 0 aliphatic carbocycles. The van der Waals surface area contributed by atoms with Crippen molar-refractivity contribution in [3.8, 4) is 0 Å². The molecule has 2 N–H and O–H groups in total. The van der Waals surface area contributed by atoms with Gasteiger partial charge in [-0.3, -0.25) is 9.53 Å². The van der Waals surface area contributed by atoms with E-state index in [4.69, 9.17) is 5.73 Å². The number of alkyl halides is 3. The molecule has 4 nitrogen and oxygen atoms in total. The summed E-state index contributed by atoms with van der Waals surface area (Å²) in [5.41, 5.74) is 5.79. The van der Waals surface area contributed by atoms with E-state index in [1.165, 1.54) is 12.1 Å². The molecule has 1 aliphatic rings. The molecular formula is C15H17F5N2O2. The van der Waals surface area contributed by atoms with Crippen molar-refractivity contribution in [3.05, 3.63) is 35.4 Å². The summed E-state index contributed by atoms with van der Waals surface area (Å²) in [5.74, 6) is -3.11.